The zero-order valence-electron chi connectivity index (χ0n) is 13.7. The van der Waals surface area contributed by atoms with Gasteiger partial charge in [-0.05, 0) is 30.8 Å². The Morgan fingerprint density at radius 3 is 2.52 bits per heavy atom. The Kier molecular flexibility index (Phi) is 5.57. The molecule has 1 aromatic carbocycles. The second-order valence-electron chi connectivity index (χ2n) is 5.52. The summed E-state index contributed by atoms with van der Waals surface area (Å²) in [6.45, 7) is 8.40. The van der Waals surface area contributed by atoms with Gasteiger partial charge < -0.3 is 10.2 Å². The van der Waals surface area contributed by atoms with Crippen LogP contribution in [0, 0.1) is 0 Å². The first-order chi connectivity index (χ1) is 10.2. The van der Waals surface area contributed by atoms with Crippen LogP contribution in [0.2, 0.25) is 0 Å². The van der Waals surface area contributed by atoms with Crippen LogP contribution in [-0.4, -0.2) is 24.6 Å². The number of hydrogen-bond acceptors (Lipinski definition) is 3. The van der Waals surface area contributed by atoms with E-state index >= 15 is 0 Å². The molecule has 1 aromatic heterocycles. The summed E-state index contributed by atoms with van der Waals surface area (Å²) < 4.78 is 0. The zero-order valence-corrected chi connectivity index (χ0v) is 13.7. The Labute approximate surface area is 128 Å². The van der Waals surface area contributed by atoms with Gasteiger partial charge in [0.1, 0.15) is 5.82 Å². The molecule has 0 aliphatic rings. The highest BCUT2D eigenvalue weighted by Gasteiger charge is 2.16. The van der Waals surface area contributed by atoms with E-state index in [0.29, 0.717) is 6.04 Å². The fourth-order valence-corrected chi connectivity index (χ4v) is 2.86. The van der Waals surface area contributed by atoms with Crippen molar-refractivity contribution in [2.75, 3.05) is 18.5 Å². The maximum atomic E-state index is 4.92. The molecule has 114 valence electrons. The molecule has 0 saturated heterocycles. The van der Waals surface area contributed by atoms with Gasteiger partial charge in [0.05, 0.1) is 5.69 Å². The number of nitrogens with zero attached hydrogens (tertiary/aromatic N) is 2. The molecule has 0 aliphatic carbocycles. The summed E-state index contributed by atoms with van der Waals surface area (Å²) in [5.74, 6) is 1.11. The summed E-state index contributed by atoms with van der Waals surface area (Å²) in [7, 11) is 2.17. The molecular formula is C18H27N3. The minimum atomic E-state index is 0.537. The highest BCUT2D eigenvalue weighted by atomic mass is 15.2. The molecule has 0 fully saturated rings. The first-order valence-corrected chi connectivity index (χ1v) is 8.03. The predicted octanol–water partition coefficient (Wildman–Crippen LogP) is 3.97. The lowest BCUT2D eigenvalue weighted by Gasteiger charge is -2.29. The Hall–Kier alpha value is -1.61. The largest absolute Gasteiger partial charge is 0.356 e. The molecule has 3 nitrogen and oxygen atoms in total. The molecule has 2 aromatic rings. The van der Waals surface area contributed by atoms with Gasteiger partial charge in [-0.25, -0.2) is 4.98 Å². The number of aromatic nitrogens is 1. The topological polar surface area (TPSA) is 28.2 Å². The molecule has 21 heavy (non-hydrogen) atoms. The summed E-state index contributed by atoms with van der Waals surface area (Å²) >= 11 is 0. The number of benzene rings is 1. The molecule has 0 saturated carbocycles. The molecule has 0 aliphatic heterocycles. The van der Waals surface area contributed by atoms with Crippen molar-refractivity contribution in [3.8, 4) is 0 Å². The normalized spacial score (nSPS) is 11.3. The van der Waals surface area contributed by atoms with Crippen molar-refractivity contribution >= 4 is 16.6 Å². The summed E-state index contributed by atoms with van der Waals surface area (Å²) in [6, 6.07) is 11.3. The summed E-state index contributed by atoms with van der Waals surface area (Å²) in [6.07, 6.45) is 2.28. The SMILES string of the molecule is CCNCc1cc2ccccc2c(N(C)C(CC)CC)n1. The number of pyridine rings is 1. The first kappa shape index (κ1) is 15.8. The number of nitrogens with one attached hydrogen (secondary N) is 1. The fourth-order valence-electron chi connectivity index (χ4n) is 2.86. The standard InChI is InChI=1S/C18H27N3/c1-5-16(6-2)21(4)18-17-11-9-8-10-14(17)12-15(20-18)13-19-7-3/h8-12,16,19H,5-7,13H2,1-4H3. The monoisotopic (exact) mass is 285 g/mol. The molecule has 1 heterocycles. The molecular weight excluding hydrogens is 258 g/mol. The van der Waals surface area contributed by atoms with Crippen LogP contribution in [0.1, 0.15) is 39.3 Å². The Morgan fingerprint density at radius 1 is 1.14 bits per heavy atom. The third kappa shape index (κ3) is 3.53. The molecule has 0 amide bonds. The van der Waals surface area contributed by atoms with E-state index in [1.54, 1.807) is 0 Å². The number of rotatable bonds is 7. The smallest absolute Gasteiger partial charge is 0.136 e. The highest BCUT2D eigenvalue weighted by Crippen LogP contribution is 2.27. The molecule has 2 rings (SSSR count). The lowest BCUT2D eigenvalue weighted by Crippen LogP contribution is -2.31. The van der Waals surface area contributed by atoms with Crippen molar-refractivity contribution in [3.05, 3.63) is 36.0 Å². The van der Waals surface area contributed by atoms with Crippen molar-refractivity contribution in [1.29, 1.82) is 0 Å². The van der Waals surface area contributed by atoms with Gasteiger partial charge in [-0.3, -0.25) is 0 Å². The van der Waals surface area contributed by atoms with Crippen molar-refractivity contribution in [2.45, 2.75) is 46.2 Å². The minimum Gasteiger partial charge on any atom is -0.356 e. The van der Waals surface area contributed by atoms with Crippen LogP contribution in [0.4, 0.5) is 5.82 Å². The molecule has 1 N–H and O–H groups in total. The molecule has 0 spiro atoms. The van der Waals surface area contributed by atoms with Crippen molar-refractivity contribution in [3.63, 3.8) is 0 Å². The zero-order chi connectivity index (χ0) is 15.2. The predicted molar refractivity (Wildman–Crippen MR) is 91.9 cm³/mol. The highest BCUT2D eigenvalue weighted by molar-refractivity contribution is 5.92. The van der Waals surface area contributed by atoms with Crippen molar-refractivity contribution < 1.29 is 0 Å². The maximum Gasteiger partial charge on any atom is 0.136 e. The maximum absolute atomic E-state index is 4.92. The van der Waals surface area contributed by atoms with E-state index in [-0.39, 0.29) is 0 Å². The third-order valence-corrected chi connectivity index (χ3v) is 4.15. The minimum absolute atomic E-state index is 0.537. The number of anilines is 1. The molecule has 0 unspecified atom stereocenters. The van der Waals surface area contributed by atoms with Gasteiger partial charge >= 0.3 is 0 Å². The number of hydrogen-bond donors (Lipinski definition) is 1. The first-order valence-electron chi connectivity index (χ1n) is 8.03. The quantitative estimate of drug-likeness (QED) is 0.834. The van der Waals surface area contributed by atoms with Gasteiger partial charge in [-0.2, -0.15) is 0 Å². The molecule has 0 bridgehead atoms. The van der Waals surface area contributed by atoms with Crippen molar-refractivity contribution in [2.24, 2.45) is 0 Å². The second kappa shape index (κ2) is 7.41. The molecule has 3 heteroatoms. The third-order valence-electron chi connectivity index (χ3n) is 4.15. The molecule has 0 atom stereocenters. The average Bonchev–Trinajstić information content (AvgIpc) is 2.53. The van der Waals surface area contributed by atoms with E-state index in [4.69, 9.17) is 4.98 Å². The summed E-state index contributed by atoms with van der Waals surface area (Å²) in [4.78, 5) is 7.26. The van der Waals surface area contributed by atoms with E-state index in [0.717, 1.165) is 37.4 Å². The van der Waals surface area contributed by atoms with Gasteiger partial charge in [-0.15, -0.1) is 0 Å². The van der Waals surface area contributed by atoms with E-state index in [9.17, 15) is 0 Å². The van der Waals surface area contributed by atoms with Gasteiger partial charge in [-0.1, -0.05) is 45.0 Å². The average molecular weight is 285 g/mol. The Morgan fingerprint density at radius 2 is 1.86 bits per heavy atom. The van der Waals surface area contributed by atoms with Gasteiger partial charge in [0.15, 0.2) is 0 Å². The fraction of sp³-hybridized carbons (Fsp3) is 0.500. The van der Waals surface area contributed by atoms with E-state index in [1.807, 2.05) is 0 Å². The summed E-state index contributed by atoms with van der Waals surface area (Å²) in [5.41, 5.74) is 1.11. The van der Waals surface area contributed by atoms with Crippen LogP contribution in [0.5, 0.6) is 0 Å². The Balaban J connectivity index is 2.48. The summed E-state index contributed by atoms with van der Waals surface area (Å²) in [5, 5.41) is 5.89. The lowest BCUT2D eigenvalue weighted by atomic mass is 10.1. The molecule has 0 radical (unpaired) electrons. The second-order valence-corrected chi connectivity index (χ2v) is 5.52. The van der Waals surface area contributed by atoms with Crippen LogP contribution >= 0.6 is 0 Å². The van der Waals surface area contributed by atoms with Crippen LogP contribution in [0.3, 0.4) is 0 Å². The van der Waals surface area contributed by atoms with E-state index < -0.39 is 0 Å². The van der Waals surface area contributed by atoms with Crippen LogP contribution < -0.4 is 10.2 Å². The van der Waals surface area contributed by atoms with Crippen LogP contribution in [0.15, 0.2) is 30.3 Å². The van der Waals surface area contributed by atoms with E-state index in [2.05, 4.69) is 68.4 Å². The number of fused-ring (bicyclic) bond motifs is 1. The van der Waals surface area contributed by atoms with E-state index in [1.165, 1.54) is 10.8 Å². The van der Waals surface area contributed by atoms with Crippen LogP contribution in [0.25, 0.3) is 10.8 Å². The Bertz CT molecular complexity index is 576. The van der Waals surface area contributed by atoms with Gasteiger partial charge in [0.25, 0.3) is 0 Å². The van der Waals surface area contributed by atoms with Gasteiger partial charge in [0, 0.05) is 25.0 Å². The van der Waals surface area contributed by atoms with Gasteiger partial charge in [0.2, 0.25) is 0 Å². The van der Waals surface area contributed by atoms with Crippen molar-refractivity contribution in [1.82, 2.24) is 10.3 Å². The van der Waals surface area contributed by atoms with Crippen LogP contribution in [-0.2, 0) is 6.54 Å². The lowest BCUT2D eigenvalue weighted by molar-refractivity contribution is 0.586.